The Morgan fingerprint density at radius 1 is 1.43 bits per heavy atom. The van der Waals surface area contributed by atoms with E-state index in [4.69, 9.17) is 10.00 Å². The van der Waals surface area contributed by atoms with Gasteiger partial charge in [-0.05, 0) is 11.6 Å². The largest absolute Gasteiger partial charge is 0.384 e. The number of benzene rings is 1. The molecular weight excluding hydrogens is 174 g/mol. The van der Waals surface area contributed by atoms with Crippen molar-refractivity contribution in [2.75, 3.05) is 13.7 Å². The maximum atomic E-state index is 8.84. The second kappa shape index (κ2) is 5.95. The molecule has 14 heavy (non-hydrogen) atoms. The summed E-state index contributed by atoms with van der Waals surface area (Å²) in [5.41, 5.74) is 1.80. The van der Waals surface area contributed by atoms with E-state index in [2.05, 4.69) is 6.07 Å². The van der Waals surface area contributed by atoms with Crippen LogP contribution in [0.4, 0.5) is 0 Å². The molecule has 1 rings (SSSR count). The highest BCUT2D eigenvalue weighted by atomic mass is 16.5. The SMILES string of the molecule is COCC/C(C#N)=C\c1ccccc1. The van der Waals surface area contributed by atoms with Gasteiger partial charge in [0.1, 0.15) is 0 Å². The van der Waals surface area contributed by atoms with E-state index in [-0.39, 0.29) is 0 Å². The van der Waals surface area contributed by atoms with Gasteiger partial charge in [0, 0.05) is 19.1 Å². The van der Waals surface area contributed by atoms with Crippen molar-refractivity contribution in [1.29, 1.82) is 5.26 Å². The zero-order valence-electron chi connectivity index (χ0n) is 8.23. The maximum absolute atomic E-state index is 8.84. The molecule has 2 nitrogen and oxygen atoms in total. The van der Waals surface area contributed by atoms with E-state index in [0.29, 0.717) is 13.0 Å². The second-order valence-electron chi connectivity index (χ2n) is 2.93. The van der Waals surface area contributed by atoms with Crippen molar-refractivity contribution < 1.29 is 4.74 Å². The fourth-order valence-corrected chi connectivity index (χ4v) is 1.12. The average molecular weight is 187 g/mol. The van der Waals surface area contributed by atoms with E-state index in [1.807, 2.05) is 36.4 Å². The molecule has 0 bridgehead atoms. The Hall–Kier alpha value is -1.59. The van der Waals surface area contributed by atoms with Gasteiger partial charge in [-0.15, -0.1) is 0 Å². The summed E-state index contributed by atoms with van der Waals surface area (Å²) in [7, 11) is 1.64. The molecule has 0 radical (unpaired) electrons. The Morgan fingerprint density at radius 3 is 2.71 bits per heavy atom. The zero-order chi connectivity index (χ0) is 10.2. The predicted molar refractivity (Wildman–Crippen MR) is 56.5 cm³/mol. The highest BCUT2D eigenvalue weighted by Gasteiger charge is 1.95. The summed E-state index contributed by atoms with van der Waals surface area (Å²) < 4.78 is 4.92. The third-order valence-electron chi connectivity index (χ3n) is 1.86. The molecule has 1 aromatic rings. The Bertz CT molecular complexity index is 335. The van der Waals surface area contributed by atoms with Crippen LogP contribution in [0.25, 0.3) is 6.08 Å². The fourth-order valence-electron chi connectivity index (χ4n) is 1.12. The summed E-state index contributed by atoms with van der Waals surface area (Å²) in [6, 6.07) is 12.0. The van der Waals surface area contributed by atoms with Crippen LogP contribution in [0, 0.1) is 11.3 Å². The molecule has 1 aromatic carbocycles. The van der Waals surface area contributed by atoms with Crippen molar-refractivity contribution in [3.8, 4) is 6.07 Å². The number of nitrogens with zero attached hydrogens (tertiary/aromatic N) is 1. The second-order valence-corrected chi connectivity index (χ2v) is 2.93. The molecule has 0 saturated heterocycles. The topological polar surface area (TPSA) is 33.0 Å². The first-order valence-electron chi connectivity index (χ1n) is 4.51. The van der Waals surface area contributed by atoms with Crippen LogP contribution in [-0.2, 0) is 4.74 Å². The van der Waals surface area contributed by atoms with Gasteiger partial charge in [0.05, 0.1) is 12.7 Å². The minimum atomic E-state index is 0.590. The van der Waals surface area contributed by atoms with Gasteiger partial charge in [0.25, 0.3) is 0 Å². The normalized spacial score (nSPS) is 11.0. The molecule has 0 heterocycles. The summed E-state index contributed by atoms with van der Waals surface area (Å²) in [6.45, 7) is 0.590. The van der Waals surface area contributed by atoms with Crippen molar-refractivity contribution in [3.63, 3.8) is 0 Å². The summed E-state index contributed by atoms with van der Waals surface area (Å²) in [6.07, 6.45) is 2.56. The third-order valence-corrected chi connectivity index (χ3v) is 1.86. The zero-order valence-corrected chi connectivity index (χ0v) is 8.23. The van der Waals surface area contributed by atoms with Crippen molar-refractivity contribution in [2.45, 2.75) is 6.42 Å². The van der Waals surface area contributed by atoms with Gasteiger partial charge >= 0.3 is 0 Å². The number of nitriles is 1. The lowest BCUT2D eigenvalue weighted by molar-refractivity contribution is 0.203. The predicted octanol–water partition coefficient (Wildman–Crippen LogP) is 2.63. The van der Waals surface area contributed by atoms with Gasteiger partial charge in [-0.1, -0.05) is 30.3 Å². The van der Waals surface area contributed by atoms with Crippen molar-refractivity contribution >= 4 is 6.08 Å². The standard InChI is InChI=1S/C12H13NO/c1-14-8-7-12(10-13)9-11-5-3-2-4-6-11/h2-6,9H,7-8H2,1H3/b12-9+. The van der Waals surface area contributed by atoms with Crippen LogP contribution in [0.2, 0.25) is 0 Å². The first-order valence-corrected chi connectivity index (χ1v) is 4.51. The minimum absolute atomic E-state index is 0.590. The number of hydrogen-bond donors (Lipinski definition) is 0. The van der Waals surface area contributed by atoms with Crippen LogP contribution in [0.5, 0.6) is 0 Å². The van der Waals surface area contributed by atoms with Gasteiger partial charge in [-0.25, -0.2) is 0 Å². The third kappa shape index (κ3) is 3.42. The number of rotatable bonds is 4. The van der Waals surface area contributed by atoms with Crippen LogP contribution >= 0.6 is 0 Å². The molecule has 0 atom stereocenters. The van der Waals surface area contributed by atoms with Crippen LogP contribution < -0.4 is 0 Å². The molecular formula is C12H13NO. The molecule has 2 heteroatoms. The van der Waals surface area contributed by atoms with Crippen LogP contribution in [0.1, 0.15) is 12.0 Å². The van der Waals surface area contributed by atoms with Crippen molar-refractivity contribution in [1.82, 2.24) is 0 Å². The summed E-state index contributed by atoms with van der Waals surface area (Å²) in [4.78, 5) is 0. The van der Waals surface area contributed by atoms with Gasteiger partial charge in [-0.3, -0.25) is 0 Å². The van der Waals surface area contributed by atoms with Crippen LogP contribution in [-0.4, -0.2) is 13.7 Å². The molecule has 0 aliphatic rings. The highest BCUT2D eigenvalue weighted by molar-refractivity contribution is 5.56. The number of methoxy groups -OCH3 is 1. The molecule has 0 unspecified atom stereocenters. The first kappa shape index (κ1) is 10.5. The lowest BCUT2D eigenvalue weighted by atomic mass is 10.1. The van der Waals surface area contributed by atoms with Gasteiger partial charge in [-0.2, -0.15) is 5.26 Å². The molecule has 0 aliphatic heterocycles. The molecule has 0 fully saturated rings. The molecule has 0 N–H and O–H groups in total. The van der Waals surface area contributed by atoms with E-state index < -0.39 is 0 Å². The van der Waals surface area contributed by atoms with Crippen molar-refractivity contribution in [2.24, 2.45) is 0 Å². The van der Waals surface area contributed by atoms with E-state index >= 15 is 0 Å². The summed E-state index contributed by atoms with van der Waals surface area (Å²) in [5, 5.41) is 8.84. The molecule has 0 spiro atoms. The van der Waals surface area contributed by atoms with Gasteiger partial charge in [0.2, 0.25) is 0 Å². The smallest absolute Gasteiger partial charge is 0.0948 e. The first-order chi connectivity index (χ1) is 6.86. The Morgan fingerprint density at radius 2 is 2.14 bits per heavy atom. The lowest BCUT2D eigenvalue weighted by Crippen LogP contribution is -1.90. The molecule has 0 aromatic heterocycles. The average Bonchev–Trinajstić information content (AvgIpc) is 2.25. The van der Waals surface area contributed by atoms with E-state index in [9.17, 15) is 0 Å². The Balaban J connectivity index is 2.70. The van der Waals surface area contributed by atoms with E-state index in [1.54, 1.807) is 7.11 Å². The highest BCUT2D eigenvalue weighted by Crippen LogP contribution is 2.08. The molecule has 0 amide bonds. The summed E-state index contributed by atoms with van der Waals surface area (Å²) >= 11 is 0. The number of hydrogen-bond acceptors (Lipinski definition) is 2. The Labute approximate surface area is 84.4 Å². The van der Waals surface area contributed by atoms with Crippen molar-refractivity contribution in [3.05, 3.63) is 41.5 Å². The summed E-state index contributed by atoms with van der Waals surface area (Å²) in [5.74, 6) is 0. The van der Waals surface area contributed by atoms with Gasteiger partial charge in [0.15, 0.2) is 0 Å². The van der Waals surface area contributed by atoms with Gasteiger partial charge < -0.3 is 4.74 Å². The number of ether oxygens (including phenoxy) is 1. The quantitative estimate of drug-likeness (QED) is 0.679. The van der Waals surface area contributed by atoms with Crippen LogP contribution in [0.3, 0.4) is 0 Å². The molecule has 0 aliphatic carbocycles. The van der Waals surface area contributed by atoms with E-state index in [1.165, 1.54) is 0 Å². The Kier molecular flexibility index (Phi) is 4.46. The van der Waals surface area contributed by atoms with E-state index in [0.717, 1.165) is 11.1 Å². The molecule has 0 saturated carbocycles. The fraction of sp³-hybridized carbons (Fsp3) is 0.250. The lowest BCUT2D eigenvalue weighted by Gasteiger charge is -1.97. The monoisotopic (exact) mass is 187 g/mol. The maximum Gasteiger partial charge on any atom is 0.0948 e. The minimum Gasteiger partial charge on any atom is -0.384 e. The molecule has 72 valence electrons. The van der Waals surface area contributed by atoms with Crippen LogP contribution in [0.15, 0.2) is 35.9 Å².